The maximum Gasteiger partial charge on any atom is 0.150 e. The quantitative estimate of drug-likeness (QED) is 0.862. The smallest absolute Gasteiger partial charge is 0.150 e. The van der Waals surface area contributed by atoms with Crippen LogP contribution in [0.3, 0.4) is 0 Å². The highest BCUT2D eigenvalue weighted by atomic mass is 35.5. The minimum Gasteiger partial charge on any atom is -0.370 e. The van der Waals surface area contributed by atoms with E-state index in [1.165, 1.54) is 6.07 Å². The monoisotopic (exact) mass is 238 g/mol. The van der Waals surface area contributed by atoms with Crippen molar-refractivity contribution in [1.82, 2.24) is 4.98 Å². The van der Waals surface area contributed by atoms with Gasteiger partial charge in [-0.25, -0.2) is 9.37 Å². The van der Waals surface area contributed by atoms with Crippen molar-refractivity contribution in [2.24, 2.45) is 0 Å². The van der Waals surface area contributed by atoms with Crippen LogP contribution in [-0.4, -0.2) is 11.5 Å². The first-order chi connectivity index (χ1) is 7.61. The largest absolute Gasteiger partial charge is 0.370 e. The molecule has 0 aliphatic carbocycles. The number of aromatic nitrogens is 1. The summed E-state index contributed by atoms with van der Waals surface area (Å²) in [5, 5.41) is 4.22. The number of nitrogens with zero attached hydrogens (tertiary/aromatic N) is 1. The highest BCUT2D eigenvalue weighted by Gasteiger charge is 2.08. The Hall–Kier alpha value is -1.35. The fraction of sp³-hybridized carbons (Fsp3) is 0.250. The summed E-state index contributed by atoms with van der Waals surface area (Å²) in [5.41, 5.74) is 1.34. The number of aryl methyl sites for hydroxylation is 1. The highest BCUT2D eigenvalue weighted by Crippen LogP contribution is 2.25. The van der Waals surface area contributed by atoms with Gasteiger partial charge in [-0.1, -0.05) is 11.6 Å². The molecule has 0 amide bonds. The van der Waals surface area contributed by atoms with Gasteiger partial charge < -0.3 is 5.32 Å². The first kappa shape index (κ1) is 11.1. The van der Waals surface area contributed by atoms with Crippen LogP contribution in [0.4, 0.5) is 10.2 Å². The Morgan fingerprint density at radius 2 is 2.12 bits per heavy atom. The Labute approximate surface area is 98.4 Å². The van der Waals surface area contributed by atoms with Crippen LogP contribution < -0.4 is 5.32 Å². The molecule has 16 heavy (non-hydrogen) atoms. The van der Waals surface area contributed by atoms with Gasteiger partial charge in [0.05, 0.1) is 0 Å². The molecule has 1 N–H and O–H groups in total. The van der Waals surface area contributed by atoms with Crippen LogP contribution in [-0.2, 0) is 0 Å². The van der Waals surface area contributed by atoms with E-state index in [1.54, 1.807) is 6.07 Å². The molecule has 0 saturated heterocycles. The normalized spacial score (nSPS) is 10.8. The summed E-state index contributed by atoms with van der Waals surface area (Å²) in [5.74, 6) is 0.331. The molecule has 4 heteroatoms. The molecule has 0 aliphatic rings. The summed E-state index contributed by atoms with van der Waals surface area (Å²) in [7, 11) is 0. The van der Waals surface area contributed by atoms with Crippen molar-refractivity contribution in [1.29, 1.82) is 0 Å². The van der Waals surface area contributed by atoms with Crippen LogP contribution in [0.25, 0.3) is 10.9 Å². The maximum absolute atomic E-state index is 13.6. The van der Waals surface area contributed by atoms with Gasteiger partial charge >= 0.3 is 0 Å². The summed E-state index contributed by atoms with van der Waals surface area (Å²) in [6, 6.07) is 4.88. The van der Waals surface area contributed by atoms with Crippen molar-refractivity contribution in [2.75, 3.05) is 11.9 Å². The van der Waals surface area contributed by atoms with E-state index >= 15 is 0 Å². The van der Waals surface area contributed by atoms with Gasteiger partial charge in [0.2, 0.25) is 0 Å². The molecule has 2 nitrogen and oxygen atoms in total. The van der Waals surface area contributed by atoms with Gasteiger partial charge in [-0.05, 0) is 37.6 Å². The van der Waals surface area contributed by atoms with Crippen molar-refractivity contribution < 1.29 is 4.39 Å². The molecule has 1 heterocycles. The lowest BCUT2D eigenvalue weighted by molar-refractivity contribution is 0.637. The van der Waals surface area contributed by atoms with E-state index in [9.17, 15) is 4.39 Å². The lowest BCUT2D eigenvalue weighted by atomic mass is 10.1. The molecule has 0 aliphatic heterocycles. The van der Waals surface area contributed by atoms with Crippen molar-refractivity contribution in [3.8, 4) is 0 Å². The van der Waals surface area contributed by atoms with Crippen molar-refractivity contribution in [2.45, 2.75) is 13.8 Å². The SMILES string of the molecule is CCNc1nc2c(F)cc(Cl)cc2cc1C. The summed E-state index contributed by atoms with van der Waals surface area (Å²) in [6.45, 7) is 4.67. The topological polar surface area (TPSA) is 24.9 Å². The van der Waals surface area contributed by atoms with Gasteiger partial charge in [0.15, 0.2) is 5.82 Å². The molecule has 2 aromatic rings. The van der Waals surface area contributed by atoms with Crippen molar-refractivity contribution in [3.63, 3.8) is 0 Å². The molecule has 0 radical (unpaired) electrons. The molecule has 1 aromatic carbocycles. The van der Waals surface area contributed by atoms with Gasteiger partial charge in [-0.3, -0.25) is 0 Å². The third kappa shape index (κ3) is 1.95. The Bertz CT molecular complexity index is 540. The van der Waals surface area contributed by atoms with E-state index in [4.69, 9.17) is 11.6 Å². The number of hydrogen-bond acceptors (Lipinski definition) is 2. The molecule has 1 aromatic heterocycles. The van der Waals surface area contributed by atoms with Crippen molar-refractivity contribution >= 4 is 28.3 Å². The van der Waals surface area contributed by atoms with Crippen LogP contribution in [0.15, 0.2) is 18.2 Å². The summed E-state index contributed by atoms with van der Waals surface area (Å²) < 4.78 is 13.6. The number of halogens is 2. The Morgan fingerprint density at radius 3 is 2.81 bits per heavy atom. The van der Waals surface area contributed by atoms with Crippen LogP contribution in [0, 0.1) is 12.7 Å². The number of anilines is 1. The van der Waals surface area contributed by atoms with Crippen LogP contribution in [0.1, 0.15) is 12.5 Å². The standard InChI is InChI=1S/C12H12ClFN2/c1-3-15-12-7(2)4-8-5-9(13)6-10(14)11(8)16-12/h4-6H,3H2,1-2H3,(H,15,16). The molecular weight excluding hydrogens is 227 g/mol. The first-order valence-corrected chi connectivity index (χ1v) is 5.50. The van der Waals surface area contributed by atoms with Gasteiger partial charge in [0, 0.05) is 17.0 Å². The second-order valence-corrected chi connectivity index (χ2v) is 4.08. The van der Waals surface area contributed by atoms with E-state index in [-0.39, 0.29) is 5.82 Å². The van der Waals surface area contributed by atoms with Crippen LogP contribution in [0.2, 0.25) is 5.02 Å². The van der Waals surface area contributed by atoms with E-state index in [0.29, 0.717) is 10.5 Å². The predicted octanol–water partition coefficient (Wildman–Crippen LogP) is 3.77. The zero-order chi connectivity index (χ0) is 11.7. The summed E-state index contributed by atoms with van der Waals surface area (Å²) in [4.78, 5) is 4.26. The number of nitrogens with one attached hydrogen (secondary N) is 1. The molecule has 2 rings (SSSR count). The van der Waals surface area contributed by atoms with Crippen LogP contribution >= 0.6 is 11.6 Å². The van der Waals surface area contributed by atoms with Gasteiger partial charge in [-0.2, -0.15) is 0 Å². The molecule has 0 bridgehead atoms. The Morgan fingerprint density at radius 1 is 1.38 bits per heavy atom. The van der Waals surface area contributed by atoms with Gasteiger partial charge in [-0.15, -0.1) is 0 Å². The summed E-state index contributed by atoms with van der Waals surface area (Å²) in [6.07, 6.45) is 0. The third-order valence-corrected chi connectivity index (χ3v) is 2.59. The van der Waals surface area contributed by atoms with E-state index in [2.05, 4.69) is 10.3 Å². The average Bonchev–Trinajstić information content (AvgIpc) is 2.20. The highest BCUT2D eigenvalue weighted by molar-refractivity contribution is 6.31. The fourth-order valence-corrected chi connectivity index (χ4v) is 1.88. The Kier molecular flexibility index (Phi) is 2.97. The minimum atomic E-state index is -0.387. The number of hydrogen-bond donors (Lipinski definition) is 1. The molecule has 0 spiro atoms. The lowest BCUT2D eigenvalue weighted by Gasteiger charge is -2.08. The van der Waals surface area contributed by atoms with E-state index in [1.807, 2.05) is 19.9 Å². The molecule has 84 valence electrons. The van der Waals surface area contributed by atoms with Crippen molar-refractivity contribution in [3.05, 3.63) is 34.6 Å². The molecule has 0 atom stereocenters. The van der Waals surface area contributed by atoms with E-state index < -0.39 is 0 Å². The number of fused-ring (bicyclic) bond motifs is 1. The summed E-state index contributed by atoms with van der Waals surface area (Å²) >= 11 is 5.79. The third-order valence-electron chi connectivity index (χ3n) is 2.37. The van der Waals surface area contributed by atoms with E-state index in [0.717, 1.165) is 23.3 Å². The number of benzene rings is 1. The molecule has 0 unspecified atom stereocenters. The first-order valence-electron chi connectivity index (χ1n) is 5.12. The lowest BCUT2D eigenvalue weighted by Crippen LogP contribution is -2.02. The second-order valence-electron chi connectivity index (χ2n) is 3.64. The maximum atomic E-state index is 13.6. The van der Waals surface area contributed by atoms with Gasteiger partial charge in [0.25, 0.3) is 0 Å². The second kappa shape index (κ2) is 4.26. The average molecular weight is 239 g/mol. The minimum absolute atomic E-state index is 0.353. The molecular formula is C12H12ClFN2. The molecule has 0 fully saturated rings. The fourth-order valence-electron chi connectivity index (χ4n) is 1.66. The van der Waals surface area contributed by atoms with Gasteiger partial charge in [0.1, 0.15) is 11.3 Å². The number of rotatable bonds is 2. The van der Waals surface area contributed by atoms with Crippen LogP contribution in [0.5, 0.6) is 0 Å². The molecule has 0 saturated carbocycles. The zero-order valence-electron chi connectivity index (χ0n) is 9.14. The zero-order valence-corrected chi connectivity index (χ0v) is 9.90. The number of pyridine rings is 1. The predicted molar refractivity (Wildman–Crippen MR) is 65.6 cm³/mol. The Balaban J connectivity index is 2.69.